The Bertz CT molecular complexity index is 332. The van der Waals surface area contributed by atoms with Crippen LogP contribution < -0.4 is 10.5 Å². The monoisotopic (exact) mass is 221 g/mol. The van der Waals surface area contributed by atoms with Crippen LogP contribution in [0.25, 0.3) is 0 Å². The summed E-state index contributed by atoms with van der Waals surface area (Å²) in [6.07, 6.45) is 2.24. The zero-order valence-corrected chi connectivity index (χ0v) is 9.69. The molecular formula is C13H19NO2. The molecule has 2 rings (SSSR count). The van der Waals surface area contributed by atoms with Crippen molar-refractivity contribution in [1.29, 1.82) is 0 Å². The molecular weight excluding hydrogens is 202 g/mol. The highest BCUT2D eigenvalue weighted by Crippen LogP contribution is 2.21. The first kappa shape index (κ1) is 11.4. The van der Waals surface area contributed by atoms with Gasteiger partial charge in [-0.3, -0.25) is 0 Å². The Morgan fingerprint density at radius 2 is 2.12 bits per heavy atom. The van der Waals surface area contributed by atoms with Crippen molar-refractivity contribution in [1.82, 2.24) is 0 Å². The molecule has 0 spiro atoms. The SMILES string of the molecule is C[C@H](N)c1cccc(OC2CCOCC2)c1. The highest BCUT2D eigenvalue weighted by molar-refractivity contribution is 5.30. The largest absolute Gasteiger partial charge is 0.490 e. The van der Waals surface area contributed by atoms with Crippen LogP contribution in [0.2, 0.25) is 0 Å². The molecule has 2 N–H and O–H groups in total. The van der Waals surface area contributed by atoms with Gasteiger partial charge in [0.1, 0.15) is 11.9 Å². The molecule has 1 aliphatic heterocycles. The van der Waals surface area contributed by atoms with E-state index in [0.717, 1.165) is 37.4 Å². The van der Waals surface area contributed by atoms with Gasteiger partial charge in [-0.25, -0.2) is 0 Å². The van der Waals surface area contributed by atoms with Crippen LogP contribution in [0.5, 0.6) is 5.75 Å². The molecule has 3 heteroatoms. The minimum absolute atomic E-state index is 0.0539. The molecule has 0 amide bonds. The third-order valence-electron chi connectivity index (χ3n) is 2.85. The molecule has 1 aromatic carbocycles. The quantitative estimate of drug-likeness (QED) is 0.851. The van der Waals surface area contributed by atoms with Crippen LogP contribution in [0, 0.1) is 0 Å². The summed E-state index contributed by atoms with van der Waals surface area (Å²) in [5, 5.41) is 0. The molecule has 0 saturated carbocycles. The highest BCUT2D eigenvalue weighted by atomic mass is 16.5. The predicted octanol–water partition coefficient (Wildman–Crippen LogP) is 2.26. The maximum atomic E-state index is 5.91. The van der Waals surface area contributed by atoms with Crippen molar-refractivity contribution in [3.8, 4) is 5.75 Å². The Hall–Kier alpha value is -1.06. The number of rotatable bonds is 3. The van der Waals surface area contributed by atoms with E-state index in [4.69, 9.17) is 15.2 Å². The summed E-state index contributed by atoms with van der Waals surface area (Å²) < 4.78 is 11.2. The van der Waals surface area contributed by atoms with E-state index in [0.29, 0.717) is 0 Å². The second-order valence-electron chi connectivity index (χ2n) is 4.29. The molecule has 3 nitrogen and oxygen atoms in total. The van der Waals surface area contributed by atoms with Gasteiger partial charge in [0.2, 0.25) is 0 Å². The summed E-state index contributed by atoms with van der Waals surface area (Å²) in [4.78, 5) is 0. The molecule has 0 aliphatic carbocycles. The zero-order chi connectivity index (χ0) is 11.4. The third-order valence-corrected chi connectivity index (χ3v) is 2.85. The highest BCUT2D eigenvalue weighted by Gasteiger charge is 2.15. The molecule has 1 fully saturated rings. The van der Waals surface area contributed by atoms with Crippen molar-refractivity contribution in [2.24, 2.45) is 5.73 Å². The van der Waals surface area contributed by atoms with Gasteiger partial charge in [0.15, 0.2) is 0 Å². The van der Waals surface area contributed by atoms with Gasteiger partial charge in [-0.1, -0.05) is 12.1 Å². The lowest BCUT2D eigenvalue weighted by molar-refractivity contribution is 0.0255. The fourth-order valence-corrected chi connectivity index (χ4v) is 1.86. The smallest absolute Gasteiger partial charge is 0.120 e. The summed E-state index contributed by atoms with van der Waals surface area (Å²) in [7, 11) is 0. The standard InChI is InChI=1S/C13H19NO2/c1-10(14)11-3-2-4-13(9-11)16-12-5-7-15-8-6-12/h2-4,9-10,12H,5-8,14H2,1H3/t10-/m0/s1. The number of benzene rings is 1. The summed E-state index contributed by atoms with van der Waals surface area (Å²) >= 11 is 0. The van der Waals surface area contributed by atoms with Crippen LogP contribution >= 0.6 is 0 Å². The van der Waals surface area contributed by atoms with Crippen LogP contribution in [0.3, 0.4) is 0 Å². The molecule has 0 radical (unpaired) electrons. The minimum Gasteiger partial charge on any atom is -0.490 e. The average molecular weight is 221 g/mol. The van der Waals surface area contributed by atoms with E-state index >= 15 is 0 Å². The van der Waals surface area contributed by atoms with Gasteiger partial charge in [0, 0.05) is 18.9 Å². The van der Waals surface area contributed by atoms with Crippen LogP contribution in [0.1, 0.15) is 31.4 Å². The van der Waals surface area contributed by atoms with Crippen LogP contribution in [0.15, 0.2) is 24.3 Å². The number of ether oxygens (including phenoxy) is 2. The number of nitrogens with two attached hydrogens (primary N) is 1. The summed E-state index contributed by atoms with van der Waals surface area (Å²) in [6, 6.07) is 8.09. The van der Waals surface area contributed by atoms with Crippen LogP contribution in [0.4, 0.5) is 0 Å². The Balaban J connectivity index is 2.00. The Kier molecular flexibility index (Phi) is 3.80. The van der Waals surface area contributed by atoms with E-state index < -0.39 is 0 Å². The van der Waals surface area contributed by atoms with Gasteiger partial charge < -0.3 is 15.2 Å². The van der Waals surface area contributed by atoms with Crippen molar-refractivity contribution in [2.45, 2.75) is 31.9 Å². The Morgan fingerprint density at radius 1 is 1.38 bits per heavy atom. The van der Waals surface area contributed by atoms with E-state index in [1.54, 1.807) is 0 Å². The molecule has 0 unspecified atom stereocenters. The topological polar surface area (TPSA) is 44.5 Å². The van der Waals surface area contributed by atoms with Gasteiger partial charge in [-0.2, -0.15) is 0 Å². The van der Waals surface area contributed by atoms with Crippen molar-refractivity contribution < 1.29 is 9.47 Å². The van der Waals surface area contributed by atoms with Gasteiger partial charge in [-0.05, 0) is 24.6 Å². The second kappa shape index (κ2) is 5.32. The maximum absolute atomic E-state index is 5.91. The summed E-state index contributed by atoms with van der Waals surface area (Å²) in [6.45, 7) is 3.59. The first-order valence-corrected chi connectivity index (χ1v) is 5.85. The fourth-order valence-electron chi connectivity index (χ4n) is 1.86. The molecule has 1 atom stereocenters. The first-order chi connectivity index (χ1) is 7.75. The van der Waals surface area contributed by atoms with E-state index in [1.165, 1.54) is 0 Å². The first-order valence-electron chi connectivity index (χ1n) is 5.85. The Labute approximate surface area is 96.5 Å². The van der Waals surface area contributed by atoms with E-state index in [1.807, 2.05) is 31.2 Å². The fraction of sp³-hybridized carbons (Fsp3) is 0.538. The van der Waals surface area contributed by atoms with E-state index in [-0.39, 0.29) is 12.1 Å². The van der Waals surface area contributed by atoms with E-state index in [9.17, 15) is 0 Å². The van der Waals surface area contributed by atoms with Crippen molar-refractivity contribution >= 4 is 0 Å². The molecule has 1 heterocycles. The minimum atomic E-state index is 0.0539. The number of hydrogen-bond acceptors (Lipinski definition) is 3. The van der Waals surface area contributed by atoms with Crippen molar-refractivity contribution in [3.63, 3.8) is 0 Å². The van der Waals surface area contributed by atoms with Crippen molar-refractivity contribution in [2.75, 3.05) is 13.2 Å². The van der Waals surface area contributed by atoms with Gasteiger partial charge in [-0.15, -0.1) is 0 Å². The molecule has 16 heavy (non-hydrogen) atoms. The summed E-state index contributed by atoms with van der Waals surface area (Å²) in [5.41, 5.74) is 6.96. The average Bonchev–Trinajstić information content (AvgIpc) is 2.30. The molecule has 1 aromatic rings. The molecule has 88 valence electrons. The van der Waals surface area contributed by atoms with Gasteiger partial charge >= 0.3 is 0 Å². The van der Waals surface area contributed by atoms with E-state index in [2.05, 4.69) is 0 Å². The van der Waals surface area contributed by atoms with Gasteiger partial charge in [0.05, 0.1) is 13.2 Å². The van der Waals surface area contributed by atoms with Gasteiger partial charge in [0.25, 0.3) is 0 Å². The lowest BCUT2D eigenvalue weighted by Crippen LogP contribution is -2.25. The lowest BCUT2D eigenvalue weighted by atomic mass is 10.1. The lowest BCUT2D eigenvalue weighted by Gasteiger charge is -2.23. The molecule has 1 saturated heterocycles. The normalized spacial score (nSPS) is 19.4. The summed E-state index contributed by atoms with van der Waals surface area (Å²) in [5.74, 6) is 0.918. The predicted molar refractivity (Wildman–Crippen MR) is 63.5 cm³/mol. The van der Waals surface area contributed by atoms with Crippen molar-refractivity contribution in [3.05, 3.63) is 29.8 Å². The zero-order valence-electron chi connectivity index (χ0n) is 9.69. The second-order valence-corrected chi connectivity index (χ2v) is 4.29. The van der Waals surface area contributed by atoms with Crippen LogP contribution in [-0.4, -0.2) is 19.3 Å². The molecule has 1 aliphatic rings. The van der Waals surface area contributed by atoms with Crippen LogP contribution in [-0.2, 0) is 4.74 Å². The molecule has 0 bridgehead atoms. The Morgan fingerprint density at radius 3 is 2.81 bits per heavy atom. The number of hydrogen-bond donors (Lipinski definition) is 1. The maximum Gasteiger partial charge on any atom is 0.120 e. The molecule has 0 aromatic heterocycles. The third kappa shape index (κ3) is 2.97.